The van der Waals surface area contributed by atoms with Crippen LogP contribution in [0.3, 0.4) is 0 Å². The molecule has 0 radical (unpaired) electrons. The predicted octanol–water partition coefficient (Wildman–Crippen LogP) is 6.89. The molecule has 4 aromatic carbocycles. The van der Waals surface area contributed by atoms with E-state index in [1.54, 1.807) is 23.5 Å². The SMILES string of the molecule is CC(C)[C@H]1C(=O)C[C@H](c2ccccc2)N(C(=O)CSc2nnnn2C)[C@@H]1c1ccccc1.CC(C)[C@H]1C(=O)C[C@H](c2ccccc2)N(C(=O)CSc2nnnn2C)[C@@H]1c1ccccc1.O. The summed E-state index contributed by atoms with van der Waals surface area (Å²) in [5, 5.41) is 24.1. The Labute approximate surface area is 388 Å². The fourth-order valence-electron chi connectivity index (χ4n) is 9.10. The van der Waals surface area contributed by atoms with Crippen molar-refractivity contribution in [2.24, 2.45) is 37.8 Å². The molecule has 2 aliphatic heterocycles. The first-order valence-corrected chi connectivity index (χ1v) is 23.5. The molecule has 2 fully saturated rings. The van der Waals surface area contributed by atoms with E-state index in [-0.39, 0.29) is 88.2 Å². The summed E-state index contributed by atoms with van der Waals surface area (Å²) in [4.78, 5) is 58.2. The molecule has 2 aromatic heterocycles. The molecule has 0 spiro atoms. The minimum atomic E-state index is -0.326. The van der Waals surface area contributed by atoms with Gasteiger partial charge in [0.2, 0.25) is 22.1 Å². The number of nitrogens with zero attached hydrogens (tertiary/aromatic N) is 10. The fourth-order valence-corrected chi connectivity index (χ4v) is 10.5. The smallest absolute Gasteiger partial charge is 0.234 e. The Balaban J connectivity index is 0.000000212. The topological polar surface area (TPSA) is 193 Å². The van der Waals surface area contributed by atoms with Gasteiger partial charge in [0.1, 0.15) is 11.6 Å². The van der Waals surface area contributed by atoms with Crippen LogP contribution in [0, 0.1) is 23.7 Å². The van der Waals surface area contributed by atoms with Gasteiger partial charge in [-0.1, -0.05) is 173 Å². The maximum Gasteiger partial charge on any atom is 0.234 e. The zero-order chi connectivity index (χ0) is 45.3. The Morgan fingerprint density at radius 3 is 1.12 bits per heavy atom. The average Bonchev–Trinajstić information content (AvgIpc) is 3.93. The summed E-state index contributed by atoms with van der Waals surface area (Å²) in [6.45, 7) is 8.24. The third-order valence-electron chi connectivity index (χ3n) is 12.0. The summed E-state index contributed by atoms with van der Waals surface area (Å²) in [7, 11) is 3.50. The third-order valence-corrected chi connectivity index (χ3v) is 13.9. The maximum atomic E-state index is 13.8. The van der Waals surface area contributed by atoms with Crippen molar-refractivity contribution >= 4 is 46.9 Å². The highest BCUT2D eigenvalue weighted by Crippen LogP contribution is 2.48. The number of thioether (sulfide) groups is 2. The van der Waals surface area contributed by atoms with Crippen LogP contribution in [0.15, 0.2) is 132 Å². The maximum absolute atomic E-state index is 13.8. The van der Waals surface area contributed by atoms with Gasteiger partial charge in [-0.15, -0.1) is 10.2 Å². The lowest BCUT2D eigenvalue weighted by atomic mass is 9.74. The number of benzene rings is 4. The van der Waals surface area contributed by atoms with Crippen LogP contribution in [0.1, 0.15) is 87.0 Å². The minimum absolute atomic E-state index is 0. The summed E-state index contributed by atoms with van der Waals surface area (Å²) in [6, 6.07) is 38.2. The van der Waals surface area contributed by atoms with Crippen LogP contribution in [0.25, 0.3) is 0 Å². The van der Waals surface area contributed by atoms with Crippen LogP contribution < -0.4 is 0 Å². The first-order valence-electron chi connectivity index (χ1n) is 21.5. The fraction of sp³-hybridized carbons (Fsp3) is 0.375. The van der Waals surface area contributed by atoms with E-state index in [0.717, 1.165) is 22.3 Å². The van der Waals surface area contributed by atoms with Crippen molar-refractivity contribution < 1.29 is 24.7 Å². The second-order valence-electron chi connectivity index (χ2n) is 16.8. The summed E-state index contributed by atoms with van der Waals surface area (Å²) < 4.78 is 3.11. The standard InChI is InChI=1S/2C24H27N5O2S.H2O/c2*1-16(2)22-20(30)14-19(17-10-6-4-7-11-17)29(23(22)18-12-8-5-9-13-18)21(31)15-32-24-25-26-27-28(24)3;/h2*4-13,16,19,22-23H,14-15H2,1-3H3;1H2/t2*19-,22+,23-;/m11./s1. The average molecular weight is 917 g/mol. The molecule has 65 heavy (non-hydrogen) atoms. The minimum Gasteiger partial charge on any atom is -0.412 e. The summed E-state index contributed by atoms with van der Waals surface area (Å²) in [5.74, 6) is 0.433. The van der Waals surface area contributed by atoms with Crippen molar-refractivity contribution in [1.29, 1.82) is 0 Å². The number of piperidine rings is 2. The van der Waals surface area contributed by atoms with E-state index in [4.69, 9.17) is 0 Å². The van der Waals surface area contributed by atoms with Gasteiger partial charge in [-0.3, -0.25) is 19.2 Å². The van der Waals surface area contributed by atoms with Crippen molar-refractivity contribution in [2.75, 3.05) is 11.5 Å². The molecule has 8 rings (SSSR count). The number of hydrogen-bond donors (Lipinski definition) is 0. The van der Waals surface area contributed by atoms with Crippen LogP contribution >= 0.6 is 23.5 Å². The Morgan fingerprint density at radius 2 is 0.846 bits per heavy atom. The van der Waals surface area contributed by atoms with E-state index in [0.29, 0.717) is 23.2 Å². The number of tetrazole rings is 2. The largest absolute Gasteiger partial charge is 0.412 e. The van der Waals surface area contributed by atoms with E-state index < -0.39 is 0 Å². The number of Topliss-reactive ketones (excluding diaryl/α,β-unsaturated/α-hetero) is 2. The van der Waals surface area contributed by atoms with Gasteiger partial charge in [0.25, 0.3) is 0 Å². The highest BCUT2D eigenvalue weighted by molar-refractivity contribution is 8.00. The van der Waals surface area contributed by atoms with Gasteiger partial charge in [-0.25, -0.2) is 9.36 Å². The molecule has 2 saturated heterocycles. The third kappa shape index (κ3) is 11.1. The Kier molecular flexibility index (Phi) is 16.6. The number of ketones is 2. The normalized spacial score (nSPS) is 20.9. The van der Waals surface area contributed by atoms with Crippen molar-refractivity contribution in [3.05, 3.63) is 144 Å². The number of hydrogen-bond acceptors (Lipinski definition) is 12. The lowest BCUT2D eigenvalue weighted by Crippen LogP contribution is -2.50. The Bertz CT molecular complexity index is 2320. The van der Waals surface area contributed by atoms with E-state index >= 15 is 0 Å². The molecule has 2 amide bonds. The molecule has 0 saturated carbocycles. The number of rotatable bonds is 12. The monoisotopic (exact) mass is 916 g/mol. The molecule has 2 N–H and O–H groups in total. The molecule has 2 aliphatic rings. The first-order chi connectivity index (χ1) is 30.9. The molecule has 0 bridgehead atoms. The lowest BCUT2D eigenvalue weighted by molar-refractivity contribution is -0.148. The van der Waals surface area contributed by atoms with Crippen LogP contribution in [0.4, 0.5) is 0 Å². The van der Waals surface area contributed by atoms with Gasteiger partial charge in [0.15, 0.2) is 0 Å². The van der Waals surface area contributed by atoms with Crippen LogP contribution in [-0.2, 0) is 33.3 Å². The molecule has 17 heteroatoms. The lowest BCUT2D eigenvalue weighted by Gasteiger charge is -2.47. The van der Waals surface area contributed by atoms with Gasteiger partial charge >= 0.3 is 0 Å². The summed E-state index contributed by atoms with van der Waals surface area (Å²) in [5.41, 5.74) is 3.92. The second-order valence-corrected chi connectivity index (χ2v) is 18.7. The van der Waals surface area contributed by atoms with Gasteiger partial charge in [0, 0.05) is 38.8 Å². The van der Waals surface area contributed by atoms with E-state index in [1.165, 1.54) is 23.5 Å². The molecule has 6 aromatic rings. The first kappa shape index (κ1) is 48.4. The number of amides is 2. The van der Waals surface area contributed by atoms with Gasteiger partial charge in [0.05, 0.1) is 35.7 Å². The highest BCUT2D eigenvalue weighted by Gasteiger charge is 2.48. The molecule has 0 unspecified atom stereocenters. The molecule has 340 valence electrons. The van der Waals surface area contributed by atoms with Crippen LogP contribution in [-0.4, -0.2) is 90.6 Å². The number of carbonyl (C=O) groups excluding carboxylic acids is 4. The number of aromatic nitrogens is 8. The molecule has 15 nitrogen and oxygen atoms in total. The van der Waals surface area contributed by atoms with Crippen molar-refractivity contribution in [1.82, 2.24) is 50.2 Å². The molecule has 4 heterocycles. The van der Waals surface area contributed by atoms with E-state index in [9.17, 15) is 19.2 Å². The van der Waals surface area contributed by atoms with Crippen molar-refractivity contribution in [3.63, 3.8) is 0 Å². The van der Waals surface area contributed by atoms with Crippen molar-refractivity contribution in [3.8, 4) is 0 Å². The summed E-state index contributed by atoms with van der Waals surface area (Å²) in [6.07, 6.45) is 0.635. The van der Waals surface area contributed by atoms with Gasteiger partial charge in [-0.05, 0) is 54.9 Å². The number of aryl methyl sites for hydroxylation is 2. The Hall–Kier alpha value is -6.04. The second kappa shape index (κ2) is 22.2. The molecule has 0 aliphatic carbocycles. The van der Waals surface area contributed by atoms with Gasteiger partial charge < -0.3 is 15.3 Å². The molecular weight excluding hydrogens is 861 g/mol. The van der Waals surface area contributed by atoms with Crippen LogP contribution in [0.2, 0.25) is 0 Å². The Morgan fingerprint density at radius 1 is 0.538 bits per heavy atom. The molecular formula is C48H56N10O5S2. The quantitative estimate of drug-likeness (QED) is 0.116. The van der Waals surface area contributed by atoms with Gasteiger partial charge in [-0.2, -0.15) is 0 Å². The van der Waals surface area contributed by atoms with Crippen molar-refractivity contribution in [2.45, 2.75) is 75.0 Å². The zero-order valence-electron chi connectivity index (χ0n) is 37.4. The number of carbonyl (C=O) groups is 4. The highest BCUT2D eigenvalue weighted by atomic mass is 32.2. The summed E-state index contributed by atoms with van der Waals surface area (Å²) >= 11 is 2.62. The van der Waals surface area contributed by atoms with E-state index in [1.807, 2.05) is 131 Å². The number of likely N-dealkylation sites (tertiary alicyclic amines) is 2. The predicted molar refractivity (Wildman–Crippen MR) is 249 cm³/mol. The molecule has 6 atom stereocenters. The van der Waals surface area contributed by atoms with Crippen LogP contribution in [0.5, 0.6) is 0 Å². The zero-order valence-corrected chi connectivity index (χ0v) is 39.0. The van der Waals surface area contributed by atoms with E-state index in [2.05, 4.69) is 58.7 Å².